The normalized spacial score (nSPS) is 16.6. The van der Waals surface area contributed by atoms with Gasteiger partial charge in [0, 0.05) is 96.9 Å². The van der Waals surface area contributed by atoms with Crippen molar-refractivity contribution >= 4 is 23.9 Å². The average Bonchev–Trinajstić information content (AvgIpc) is 4.28. The summed E-state index contributed by atoms with van der Waals surface area (Å²) >= 11 is 0. The molecule has 1 heterocycles. The van der Waals surface area contributed by atoms with Gasteiger partial charge < -0.3 is 18.9 Å². The van der Waals surface area contributed by atoms with Gasteiger partial charge in [0.1, 0.15) is 0 Å². The van der Waals surface area contributed by atoms with Crippen molar-refractivity contribution in [3.05, 3.63) is 239 Å². The van der Waals surface area contributed by atoms with E-state index in [0.717, 1.165) is 89.0 Å². The Labute approximate surface area is 465 Å². The number of fused-ring (bicyclic) bond motifs is 12. The van der Waals surface area contributed by atoms with Gasteiger partial charge in [-0.15, -0.1) is 0 Å². The molecule has 8 aromatic rings. The number of nitrogens with zero attached hydrogens (tertiary/aromatic N) is 4. The zero-order valence-corrected chi connectivity index (χ0v) is 44.3. The molecule has 0 radical (unpaired) electrons. The van der Waals surface area contributed by atoms with E-state index in [1.807, 2.05) is 165 Å². The Hall–Kier alpha value is -8.52. The van der Waals surface area contributed by atoms with Crippen LogP contribution in [0.3, 0.4) is 0 Å². The molecule has 0 bridgehead atoms. The number of esters is 4. The van der Waals surface area contributed by atoms with Crippen molar-refractivity contribution in [2.24, 2.45) is 0 Å². The monoisotopic (exact) mass is 1060 g/mol. The number of benzene rings is 8. The maximum Gasteiger partial charge on any atom is 0.321 e. The highest BCUT2D eigenvalue weighted by molar-refractivity contribution is 5.84. The SMILES string of the molecule is O=C(CN1CCN(CC(=O)OC2c3ccccc3-c3ccccc32)CCN(CC(=O)OC2c3ccccc3-c3ccccc32)CCN(CC(=O)OC2c3ccccc3-c3ccccc32)CC1)OC1c2ccccc2-c2ccccc21. The maximum atomic E-state index is 14.4. The van der Waals surface area contributed by atoms with E-state index in [1.165, 1.54) is 0 Å². The Bertz CT molecular complexity index is 3000. The van der Waals surface area contributed by atoms with Crippen molar-refractivity contribution in [1.29, 1.82) is 0 Å². The van der Waals surface area contributed by atoms with Gasteiger partial charge in [-0.1, -0.05) is 194 Å². The second kappa shape index (κ2) is 22.3. The molecule has 8 aromatic carbocycles. The van der Waals surface area contributed by atoms with Crippen molar-refractivity contribution in [1.82, 2.24) is 19.6 Å². The quantitative estimate of drug-likeness (QED) is 0.0856. The Morgan fingerprint density at radius 3 is 0.537 bits per heavy atom. The highest BCUT2D eigenvalue weighted by atomic mass is 16.6. The molecule has 0 atom stereocenters. The summed E-state index contributed by atoms with van der Waals surface area (Å²) in [7, 11) is 0. The van der Waals surface area contributed by atoms with Crippen molar-refractivity contribution in [3.8, 4) is 44.5 Å². The van der Waals surface area contributed by atoms with Crippen LogP contribution in [-0.4, -0.2) is 122 Å². The van der Waals surface area contributed by atoms with E-state index in [1.54, 1.807) is 0 Å². The fourth-order valence-corrected chi connectivity index (χ4v) is 12.6. The van der Waals surface area contributed by atoms with Crippen LogP contribution in [0.15, 0.2) is 194 Å². The lowest BCUT2D eigenvalue weighted by atomic mass is 10.1. The topological polar surface area (TPSA) is 118 Å². The molecule has 12 nitrogen and oxygen atoms in total. The molecular weight excluding hydrogens is 1000 g/mol. The average molecular weight is 1060 g/mol. The molecule has 5 aliphatic rings. The third kappa shape index (κ3) is 10.1. The van der Waals surface area contributed by atoms with Crippen molar-refractivity contribution < 1.29 is 38.1 Å². The summed E-state index contributed by atoms with van der Waals surface area (Å²) in [5.41, 5.74) is 15.9. The summed E-state index contributed by atoms with van der Waals surface area (Å²) in [5, 5.41) is 0. The molecule has 1 aliphatic heterocycles. The first-order valence-electron chi connectivity index (χ1n) is 27.7. The standard InChI is InChI=1S/C68H60N4O8/c73-61(77-65-53-25-9-1-17-45(53)46-18-2-10-26-54(46)65)41-69-33-35-70(42-62(74)78-66-55-27-11-3-19-47(55)48-20-4-12-28-56(48)66)37-39-72(44-64(76)80-68-59-31-15-7-23-51(59)52-24-8-16-32-60(52)68)40-38-71(36-34-69)43-63(75)79-67-57-29-13-5-21-49(57)50-22-6-14-30-58(50)67/h1-32,65-68H,33-44H2. The summed E-state index contributed by atoms with van der Waals surface area (Å²) in [5.74, 6) is -1.56. The highest BCUT2D eigenvalue weighted by Crippen LogP contribution is 2.48. The van der Waals surface area contributed by atoms with Crippen molar-refractivity contribution in [2.75, 3.05) is 78.5 Å². The number of carbonyl (C=O) groups excluding carboxylic acids is 4. The van der Waals surface area contributed by atoms with Crippen LogP contribution in [-0.2, 0) is 38.1 Å². The molecule has 13 rings (SSSR count). The third-order valence-corrected chi connectivity index (χ3v) is 16.4. The summed E-state index contributed by atoms with van der Waals surface area (Å²) < 4.78 is 25.7. The van der Waals surface area contributed by atoms with Gasteiger partial charge in [-0.3, -0.25) is 38.8 Å². The van der Waals surface area contributed by atoms with Crippen LogP contribution in [0.1, 0.15) is 68.9 Å². The van der Waals surface area contributed by atoms with E-state index in [0.29, 0.717) is 52.4 Å². The molecule has 1 saturated heterocycles. The van der Waals surface area contributed by atoms with E-state index in [9.17, 15) is 19.2 Å². The second-order valence-electron chi connectivity index (χ2n) is 21.3. The summed E-state index contributed by atoms with van der Waals surface area (Å²) in [6, 6.07) is 64.3. The van der Waals surface area contributed by atoms with Gasteiger partial charge in [0.25, 0.3) is 0 Å². The second-order valence-corrected chi connectivity index (χ2v) is 21.3. The van der Waals surface area contributed by atoms with Crippen molar-refractivity contribution in [3.63, 3.8) is 0 Å². The predicted octanol–water partition coefficient (Wildman–Crippen LogP) is 10.5. The van der Waals surface area contributed by atoms with Crippen molar-refractivity contribution in [2.45, 2.75) is 24.4 Å². The third-order valence-electron chi connectivity index (χ3n) is 16.4. The molecule has 12 heteroatoms. The lowest BCUT2D eigenvalue weighted by Gasteiger charge is -2.33. The van der Waals surface area contributed by atoms with Crippen LogP contribution >= 0.6 is 0 Å². The molecule has 0 N–H and O–H groups in total. The first-order chi connectivity index (χ1) is 39.3. The zero-order valence-electron chi connectivity index (χ0n) is 44.3. The van der Waals surface area contributed by atoms with Gasteiger partial charge in [0.15, 0.2) is 24.4 Å². The number of hydrogen-bond acceptors (Lipinski definition) is 12. The van der Waals surface area contributed by atoms with E-state index in [4.69, 9.17) is 18.9 Å². The van der Waals surface area contributed by atoms with Gasteiger partial charge in [-0.05, 0) is 44.5 Å². The molecular formula is C68H60N4O8. The highest BCUT2D eigenvalue weighted by Gasteiger charge is 2.36. The minimum atomic E-state index is -0.563. The predicted molar refractivity (Wildman–Crippen MR) is 305 cm³/mol. The molecule has 0 amide bonds. The van der Waals surface area contributed by atoms with E-state index in [2.05, 4.69) is 48.5 Å². The minimum Gasteiger partial charge on any atom is -0.452 e. The van der Waals surface area contributed by atoms with Crippen LogP contribution in [0.5, 0.6) is 0 Å². The largest absolute Gasteiger partial charge is 0.452 e. The van der Waals surface area contributed by atoms with Gasteiger partial charge in [-0.25, -0.2) is 0 Å². The van der Waals surface area contributed by atoms with E-state index >= 15 is 0 Å². The number of carbonyl (C=O) groups is 4. The first-order valence-corrected chi connectivity index (χ1v) is 27.7. The maximum absolute atomic E-state index is 14.4. The lowest BCUT2D eigenvalue weighted by Crippen LogP contribution is -2.49. The Morgan fingerprint density at radius 1 is 0.250 bits per heavy atom. The number of rotatable bonds is 12. The molecule has 400 valence electrons. The lowest BCUT2D eigenvalue weighted by molar-refractivity contribution is -0.151. The molecule has 80 heavy (non-hydrogen) atoms. The summed E-state index contributed by atoms with van der Waals surface area (Å²) in [6.45, 7) is 2.91. The van der Waals surface area contributed by atoms with E-state index < -0.39 is 24.4 Å². The molecule has 0 spiro atoms. The van der Waals surface area contributed by atoms with Crippen LogP contribution in [0, 0.1) is 0 Å². The first kappa shape index (κ1) is 51.0. The van der Waals surface area contributed by atoms with Crippen LogP contribution in [0.4, 0.5) is 0 Å². The smallest absolute Gasteiger partial charge is 0.321 e. The van der Waals surface area contributed by atoms with Gasteiger partial charge in [0.2, 0.25) is 0 Å². The molecule has 0 aromatic heterocycles. The molecule has 0 unspecified atom stereocenters. The minimum absolute atomic E-state index is 0.0337. The number of hydrogen-bond donors (Lipinski definition) is 0. The van der Waals surface area contributed by atoms with Gasteiger partial charge in [0.05, 0.1) is 26.2 Å². The Morgan fingerprint density at radius 2 is 0.388 bits per heavy atom. The Kier molecular flexibility index (Phi) is 14.2. The fourth-order valence-electron chi connectivity index (χ4n) is 12.6. The molecule has 0 saturated carbocycles. The summed E-state index contributed by atoms with van der Waals surface area (Å²) in [4.78, 5) is 65.7. The zero-order chi connectivity index (χ0) is 54.1. The van der Waals surface area contributed by atoms with Crippen LogP contribution < -0.4 is 0 Å². The van der Waals surface area contributed by atoms with Gasteiger partial charge >= 0.3 is 23.9 Å². The van der Waals surface area contributed by atoms with E-state index in [-0.39, 0.29) is 50.1 Å². The Balaban J connectivity index is 0.772. The summed E-state index contributed by atoms with van der Waals surface area (Å²) in [6.07, 6.45) is -2.25. The molecule has 4 aliphatic carbocycles. The van der Waals surface area contributed by atoms with Crippen LogP contribution in [0.25, 0.3) is 44.5 Å². The number of ether oxygens (including phenoxy) is 4. The molecule has 1 fully saturated rings. The van der Waals surface area contributed by atoms with Crippen LogP contribution in [0.2, 0.25) is 0 Å². The van der Waals surface area contributed by atoms with Gasteiger partial charge in [-0.2, -0.15) is 0 Å². The fraction of sp³-hybridized carbons (Fsp3) is 0.235.